The van der Waals surface area contributed by atoms with Gasteiger partial charge in [-0.25, -0.2) is 0 Å². The van der Waals surface area contributed by atoms with E-state index < -0.39 is 10.3 Å². The highest BCUT2D eigenvalue weighted by Gasteiger charge is 2.29. The first-order valence-electron chi connectivity index (χ1n) is 9.85. The van der Waals surface area contributed by atoms with Gasteiger partial charge in [-0.15, -0.1) is 0 Å². The van der Waals surface area contributed by atoms with Crippen molar-refractivity contribution >= 4 is 10.3 Å². The normalized spacial score (nSPS) is 22.0. The topological polar surface area (TPSA) is 70.1 Å². The van der Waals surface area contributed by atoms with Gasteiger partial charge < -0.3 is 9.64 Å². The number of rotatable bonds is 13. The van der Waals surface area contributed by atoms with Gasteiger partial charge in [0.05, 0.1) is 6.10 Å². The van der Waals surface area contributed by atoms with Crippen LogP contribution in [-0.4, -0.2) is 68.1 Å². The molecule has 150 valence electrons. The molecule has 0 spiro atoms. The summed E-state index contributed by atoms with van der Waals surface area (Å²) < 4.78 is 38.4. The summed E-state index contributed by atoms with van der Waals surface area (Å²) in [5.74, 6) is 0. The van der Waals surface area contributed by atoms with E-state index in [1.807, 2.05) is 0 Å². The van der Waals surface area contributed by atoms with E-state index in [1.54, 1.807) is 0 Å². The average Bonchev–Trinajstić information content (AvgIpc) is 2.57. The van der Waals surface area contributed by atoms with E-state index in [9.17, 15) is 8.42 Å². The summed E-state index contributed by atoms with van der Waals surface area (Å²) in [5.41, 5.74) is 0. The number of ether oxygens (including phenoxy) is 1. The highest BCUT2D eigenvalue weighted by molar-refractivity contribution is 7.83. The molecule has 0 aromatic rings. The summed E-state index contributed by atoms with van der Waals surface area (Å²) in [6.45, 7) is 5.39. The molecule has 1 aliphatic carbocycles. The van der Waals surface area contributed by atoms with Crippen LogP contribution in [0.1, 0.15) is 71.1 Å². The molecule has 1 saturated carbocycles. The molecule has 0 saturated heterocycles. The molecule has 6 nitrogen and oxygen atoms in total. The number of hydrogen-bond donors (Lipinski definition) is 1. The second-order valence-electron chi connectivity index (χ2n) is 7.37. The Kier molecular flexibility index (Phi) is 11.2. The lowest BCUT2D eigenvalue weighted by atomic mass is 9.93. The van der Waals surface area contributed by atoms with Crippen molar-refractivity contribution in [1.29, 1.82) is 0 Å². The summed E-state index contributed by atoms with van der Waals surface area (Å²) in [6.07, 6.45) is 10.9. The summed E-state index contributed by atoms with van der Waals surface area (Å²) in [7, 11) is -0.426. The first kappa shape index (κ1) is 22.8. The second-order valence-corrected chi connectivity index (χ2v) is 8.84. The van der Waals surface area contributed by atoms with Gasteiger partial charge in [0, 0.05) is 19.7 Å². The fourth-order valence-corrected chi connectivity index (χ4v) is 4.01. The molecule has 0 atom stereocenters. The smallest absolute Gasteiger partial charge is 0.335 e. The van der Waals surface area contributed by atoms with E-state index in [1.165, 1.54) is 45.7 Å². The molecule has 0 aromatic heterocycles. The summed E-state index contributed by atoms with van der Waals surface area (Å²) >= 11 is 0. The fourth-order valence-electron chi connectivity index (χ4n) is 3.42. The van der Waals surface area contributed by atoms with E-state index in [0.29, 0.717) is 0 Å². The van der Waals surface area contributed by atoms with Crippen LogP contribution in [0.4, 0.5) is 0 Å². The van der Waals surface area contributed by atoms with Gasteiger partial charge in [-0.3, -0.25) is 4.55 Å². The highest BCUT2D eigenvalue weighted by atomic mass is 32.2. The first-order chi connectivity index (χ1) is 11.8. The summed E-state index contributed by atoms with van der Waals surface area (Å²) in [4.78, 5) is 2.42. The monoisotopic (exact) mass is 378 g/mol. The van der Waals surface area contributed by atoms with Crippen molar-refractivity contribution in [2.45, 2.75) is 83.3 Å². The van der Waals surface area contributed by atoms with Crippen molar-refractivity contribution in [2.75, 3.05) is 33.8 Å². The maximum atomic E-state index is 11.2. The highest BCUT2D eigenvalue weighted by Crippen LogP contribution is 2.25. The Labute approximate surface area is 154 Å². The van der Waals surface area contributed by atoms with Crippen LogP contribution in [0.25, 0.3) is 0 Å². The molecular formula is C18H38N2O4S. The van der Waals surface area contributed by atoms with Crippen LogP contribution >= 0.6 is 0 Å². The maximum absolute atomic E-state index is 11.2. The third kappa shape index (κ3) is 9.89. The predicted octanol–water partition coefficient (Wildman–Crippen LogP) is 3.34. The van der Waals surface area contributed by atoms with Crippen LogP contribution in [0.2, 0.25) is 0 Å². The first-order valence-corrected chi connectivity index (χ1v) is 11.2. The Balaban J connectivity index is 2.02. The molecule has 0 aromatic carbocycles. The van der Waals surface area contributed by atoms with Crippen molar-refractivity contribution in [3.63, 3.8) is 0 Å². The van der Waals surface area contributed by atoms with Crippen molar-refractivity contribution in [3.8, 4) is 0 Å². The minimum Gasteiger partial charge on any atom is -0.378 e. The van der Waals surface area contributed by atoms with Crippen molar-refractivity contribution < 1.29 is 17.7 Å². The third-order valence-corrected chi connectivity index (χ3v) is 6.23. The largest absolute Gasteiger partial charge is 0.378 e. The summed E-state index contributed by atoms with van der Waals surface area (Å²) in [6, 6.07) is -0.0990. The second kappa shape index (κ2) is 12.2. The zero-order chi connectivity index (χ0) is 18.7. The molecule has 0 amide bonds. The fraction of sp³-hybridized carbons (Fsp3) is 1.00. The Hall–Kier alpha value is -0.210. The van der Waals surface area contributed by atoms with Crippen LogP contribution in [-0.2, 0) is 15.0 Å². The van der Waals surface area contributed by atoms with Crippen LogP contribution in [0.15, 0.2) is 0 Å². The quantitative estimate of drug-likeness (QED) is 0.393. The molecule has 1 aliphatic rings. The molecule has 0 heterocycles. The molecule has 7 heteroatoms. The van der Waals surface area contributed by atoms with Gasteiger partial charge in [0.15, 0.2) is 0 Å². The maximum Gasteiger partial charge on any atom is 0.335 e. The van der Waals surface area contributed by atoms with Crippen LogP contribution in [0, 0.1) is 0 Å². The van der Waals surface area contributed by atoms with Crippen LogP contribution in [0.3, 0.4) is 0 Å². The van der Waals surface area contributed by atoms with Crippen LogP contribution in [0.5, 0.6) is 0 Å². The van der Waals surface area contributed by atoms with Gasteiger partial charge in [0.1, 0.15) is 0 Å². The van der Waals surface area contributed by atoms with Crippen molar-refractivity contribution in [2.24, 2.45) is 0 Å². The van der Waals surface area contributed by atoms with E-state index in [-0.39, 0.29) is 12.1 Å². The predicted molar refractivity (Wildman–Crippen MR) is 102 cm³/mol. The van der Waals surface area contributed by atoms with E-state index in [0.717, 1.165) is 49.6 Å². The SMILES string of the molecule is CCCCCN(C)CCCCCO[C@H]1CC[C@H](N(C)S(=O)(=O)O)CC1. The minimum absolute atomic E-state index is 0.0990. The van der Waals surface area contributed by atoms with E-state index >= 15 is 0 Å². The lowest BCUT2D eigenvalue weighted by Gasteiger charge is -2.32. The third-order valence-electron chi connectivity index (χ3n) is 5.20. The zero-order valence-electron chi connectivity index (χ0n) is 16.3. The number of nitrogens with zero attached hydrogens (tertiary/aromatic N) is 2. The number of hydrogen-bond acceptors (Lipinski definition) is 4. The van der Waals surface area contributed by atoms with Gasteiger partial charge in [-0.1, -0.05) is 19.8 Å². The van der Waals surface area contributed by atoms with Crippen LogP contribution < -0.4 is 0 Å². The van der Waals surface area contributed by atoms with Gasteiger partial charge in [-0.05, 0) is 71.5 Å². The van der Waals surface area contributed by atoms with Crippen molar-refractivity contribution in [3.05, 3.63) is 0 Å². The van der Waals surface area contributed by atoms with Gasteiger partial charge >= 0.3 is 10.3 Å². The minimum atomic E-state index is -4.07. The lowest BCUT2D eigenvalue weighted by Crippen LogP contribution is -2.40. The Morgan fingerprint density at radius 1 is 0.960 bits per heavy atom. The standard InChI is InChI=1S/C18H38N2O4S/c1-4-5-7-14-19(2)15-8-6-9-16-24-18-12-10-17(11-13-18)20(3)25(21,22)23/h17-18H,4-16H2,1-3H3,(H,21,22,23)/t17-,18-. The van der Waals surface area contributed by atoms with Gasteiger partial charge in [0.25, 0.3) is 0 Å². The Bertz CT molecular complexity index is 436. The number of unbranched alkanes of at least 4 members (excludes halogenated alkanes) is 4. The van der Waals surface area contributed by atoms with Crippen molar-refractivity contribution in [1.82, 2.24) is 9.21 Å². The zero-order valence-corrected chi connectivity index (χ0v) is 17.1. The average molecular weight is 379 g/mol. The van der Waals surface area contributed by atoms with Gasteiger partial charge in [-0.2, -0.15) is 12.7 Å². The molecule has 1 N–H and O–H groups in total. The summed E-state index contributed by atoms with van der Waals surface area (Å²) in [5, 5.41) is 0. The molecule has 0 radical (unpaired) electrons. The van der Waals surface area contributed by atoms with Gasteiger partial charge in [0.2, 0.25) is 0 Å². The molecule has 1 fully saturated rings. The molecule has 1 rings (SSSR count). The lowest BCUT2D eigenvalue weighted by molar-refractivity contribution is 0.0150. The Morgan fingerprint density at radius 3 is 2.12 bits per heavy atom. The molecule has 0 aliphatic heterocycles. The molecule has 0 unspecified atom stereocenters. The molecule has 0 bridgehead atoms. The molecular weight excluding hydrogens is 340 g/mol. The van der Waals surface area contributed by atoms with E-state index in [4.69, 9.17) is 9.29 Å². The van der Waals surface area contributed by atoms with E-state index in [2.05, 4.69) is 18.9 Å². The Morgan fingerprint density at radius 2 is 1.56 bits per heavy atom. The molecule has 25 heavy (non-hydrogen) atoms.